The van der Waals surface area contributed by atoms with Crippen molar-refractivity contribution in [2.75, 3.05) is 10.6 Å². The number of nitrogens with zero attached hydrogens (tertiary/aromatic N) is 3. The fraction of sp³-hybridized carbons (Fsp3) is 0.444. The molecule has 2 fully saturated rings. The Bertz CT molecular complexity index is 959. The fourth-order valence-electron chi connectivity index (χ4n) is 3.54. The molecule has 1 saturated heterocycles. The molecule has 1 aliphatic carbocycles. The van der Waals surface area contributed by atoms with E-state index in [4.69, 9.17) is 0 Å². The van der Waals surface area contributed by atoms with Gasteiger partial charge in [0.25, 0.3) is 5.91 Å². The highest BCUT2D eigenvalue weighted by Crippen LogP contribution is 2.39. The van der Waals surface area contributed by atoms with Crippen molar-refractivity contribution in [2.24, 2.45) is 5.92 Å². The Hall–Kier alpha value is -3.15. The summed E-state index contributed by atoms with van der Waals surface area (Å²) in [4.78, 5) is 33.0. The summed E-state index contributed by atoms with van der Waals surface area (Å²) >= 11 is 0. The maximum absolute atomic E-state index is 13.1. The number of aliphatic hydroxyl groups excluding tert-OH is 1. The van der Waals surface area contributed by atoms with E-state index in [9.17, 15) is 27.9 Å². The summed E-state index contributed by atoms with van der Waals surface area (Å²) in [5, 5.41) is 18.5. The first-order valence-electron chi connectivity index (χ1n) is 9.24. The number of nitrogens with one attached hydrogen (secondary N) is 3. The van der Waals surface area contributed by atoms with Crippen LogP contribution < -0.4 is 16.0 Å². The minimum atomic E-state index is -4.56. The number of hydrogen-bond acceptors (Lipinski definition) is 7. The molecule has 9 nitrogen and oxygen atoms in total. The van der Waals surface area contributed by atoms with Crippen LogP contribution in [0.4, 0.5) is 24.8 Å². The van der Waals surface area contributed by atoms with Crippen LogP contribution in [-0.2, 0) is 9.59 Å². The average Bonchev–Trinajstić information content (AvgIpc) is 3.43. The Morgan fingerprint density at radius 2 is 2.03 bits per heavy atom. The van der Waals surface area contributed by atoms with Gasteiger partial charge in [0, 0.05) is 12.0 Å². The summed E-state index contributed by atoms with van der Waals surface area (Å²) in [5.41, 5.74) is -1.81. The SMILES string of the molecule is CC1(CC(F)(F)F)NC(=O)C2=CC=C(Nc3cc(NC(=O)C4CC4)ncn3)C(O)N21. The number of carbonyl (C=O) groups is 2. The van der Waals surface area contributed by atoms with E-state index >= 15 is 0 Å². The highest BCUT2D eigenvalue weighted by atomic mass is 19.4. The monoisotopic (exact) mass is 424 g/mol. The summed E-state index contributed by atoms with van der Waals surface area (Å²) in [6.45, 7) is 1.20. The molecular formula is C18H19F3N6O3. The van der Waals surface area contributed by atoms with Crippen LogP contribution in [0.1, 0.15) is 26.2 Å². The Balaban J connectivity index is 1.53. The minimum absolute atomic E-state index is 0.0191. The second kappa shape index (κ2) is 6.97. The van der Waals surface area contributed by atoms with Crippen LogP contribution in [0.25, 0.3) is 0 Å². The number of aliphatic hydroxyl groups is 1. The predicted octanol–water partition coefficient (Wildman–Crippen LogP) is 1.44. The van der Waals surface area contributed by atoms with E-state index < -0.39 is 30.4 Å². The number of aromatic nitrogens is 2. The van der Waals surface area contributed by atoms with Gasteiger partial charge < -0.3 is 26.0 Å². The lowest BCUT2D eigenvalue weighted by molar-refractivity contribution is -0.167. The number of amides is 2. The van der Waals surface area contributed by atoms with Crippen molar-refractivity contribution >= 4 is 23.5 Å². The number of anilines is 2. The topological polar surface area (TPSA) is 119 Å². The molecule has 0 bridgehead atoms. The smallest absolute Gasteiger partial charge is 0.368 e. The van der Waals surface area contributed by atoms with E-state index in [-0.39, 0.29) is 34.9 Å². The summed E-state index contributed by atoms with van der Waals surface area (Å²) < 4.78 is 39.2. The van der Waals surface area contributed by atoms with Crippen LogP contribution in [0.15, 0.2) is 35.9 Å². The molecule has 3 heterocycles. The molecule has 4 N–H and O–H groups in total. The highest BCUT2D eigenvalue weighted by molar-refractivity contribution is 5.96. The maximum Gasteiger partial charge on any atom is 0.393 e. The molecular weight excluding hydrogens is 405 g/mol. The first-order chi connectivity index (χ1) is 14.1. The van der Waals surface area contributed by atoms with Crippen LogP contribution in [0.2, 0.25) is 0 Å². The lowest BCUT2D eigenvalue weighted by Gasteiger charge is -2.41. The Morgan fingerprint density at radius 3 is 2.70 bits per heavy atom. The van der Waals surface area contributed by atoms with E-state index in [2.05, 4.69) is 25.9 Å². The molecule has 30 heavy (non-hydrogen) atoms. The first kappa shape index (κ1) is 20.1. The Kier molecular flexibility index (Phi) is 4.68. The highest BCUT2D eigenvalue weighted by Gasteiger charge is 2.53. The summed E-state index contributed by atoms with van der Waals surface area (Å²) in [5.74, 6) is -0.396. The molecule has 3 aliphatic rings. The standard InChI is InChI=1S/C18H19F3N6O3/c1-17(7-18(19,20)21)26-15(29)11-5-4-10(16(30)27(11)17)24-12-6-13(23-8-22-12)25-14(28)9-2-3-9/h4-6,8-9,16,30H,2-3,7H2,1H3,(H,26,29)(H2,22,23,24,25,28). The molecule has 0 aromatic carbocycles. The van der Waals surface area contributed by atoms with Crippen LogP contribution >= 0.6 is 0 Å². The molecule has 160 valence electrons. The van der Waals surface area contributed by atoms with E-state index in [1.807, 2.05) is 0 Å². The Labute approximate surface area is 169 Å². The van der Waals surface area contributed by atoms with Crippen molar-refractivity contribution < 1.29 is 27.9 Å². The van der Waals surface area contributed by atoms with Gasteiger partial charge in [0.1, 0.15) is 29.3 Å². The fourth-order valence-corrected chi connectivity index (χ4v) is 3.54. The maximum atomic E-state index is 13.1. The molecule has 1 aromatic heterocycles. The molecule has 1 saturated carbocycles. The van der Waals surface area contributed by atoms with Crippen LogP contribution in [0, 0.1) is 5.92 Å². The van der Waals surface area contributed by atoms with Crippen LogP contribution in [0.5, 0.6) is 0 Å². The van der Waals surface area contributed by atoms with E-state index in [0.29, 0.717) is 0 Å². The van der Waals surface area contributed by atoms with Gasteiger partial charge in [-0.1, -0.05) is 0 Å². The molecule has 0 spiro atoms. The zero-order chi connectivity index (χ0) is 21.7. The van der Waals surface area contributed by atoms with Crippen molar-refractivity contribution in [1.82, 2.24) is 20.2 Å². The third kappa shape index (κ3) is 3.95. The lowest BCUT2D eigenvalue weighted by Crippen LogP contribution is -2.56. The third-order valence-electron chi connectivity index (χ3n) is 5.03. The van der Waals surface area contributed by atoms with Gasteiger partial charge in [0.2, 0.25) is 5.91 Å². The number of hydrogen-bond donors (Lipinski definition) is 4. The van der Waals surface area contributed by atoms with E-state index in [0.717, 1.165) is 17.7 Å². The van der Waals surface area contributed by atoms with Gasteiger partial charge >= 0.3 is 6.18 Å². The number of carbonyl (C=O) groups excluding carboxylic acids is 2. The summed E-state index contributed by atoms with van der Waals surface area (Å²) in [6.07, 6.45) is -1.90. The number of allylic oxidation sites excluding steroid dienone is 2. The van der Waals surface area contributed by atoms with Crippen molar-refractivity contribution in [3.63, 3.8) is 0 Å². The van der Waals surface area contributed by atoms with Gasteiger partial charge in [-0.2, -0.15) is 13.2 Å². The summed E-state index contributed by atoms with van der Waals surface area (Å²) in [6, 6.07) is 1.44. The predicted molar refractivity (Wildman–Crippen MR) is 98.2 cm³/mol. The molecule has 12 heteroatoms. The van der Waals surface area contributed by atoms with Crippen LogP contribution in [0.3, 0.4) is 0 Å². The zero-order valence-corrected chi connectivity index (χ0v) is 15.8. The van der Waals surface area contributed by atoms with Gasteiger partial charge in [0.05, 0.1) is 12.1 Å². The van der Waals surface area contributed by atoms with Crippen molar-refractivity contribution in [3.8, 4) is 0 Å². The van der Waals surface area contributed by atoms with Gasteiger partial charge in [-0.15, -0.1) is 0 Å². The van der Waals surface area contributed by atoms with Crippen molar-refractivity contribution in [3.05, 3.63) is 35.9 Å². The minimum Gasteiger partial charge on any atom is -0.368 e. The van der Waals surface area contributed by atoms with E-state index in [1.54, 1.807) is 0 Å². The van der Waals surface area contributed by atoms with Gasteiger partial charge in [-0.25, -0.2) is 9.97 Å². The number of fused-ring (bicyclic) bond motifs is 1. The number of halogens is 3. The lowest BCUT2D eigenvalue weighted by atomic mass is 10.0. The molecule has 2 aliphatic heterocycles. The van der Waals surface area contributed by atoms with Crippen molar-refractivity contribution in [1.29, 1.82) is 0 Å². The normalized spacial score (nSPS) is 25.8. The molecule has 2 unspecified atom stereocenters. The third-order valence-corrected chi connectivity index (χ3v) is 5.03. The molecule has 2 atom stereocenters. The quantitative estimate of drug-likeness (QED) is 0.565. The van der Waals surface area contributed by atoms with Gasteiger partial charge in [-0.05, 0) is 31.9 Å². The largest absolute Gasteiger partial charge is 0.393 e. The Morgan fingerprint density at radius 1 is 1.33 bits per heavy atom. The zero-order valence-electron chi connectivity index (χ0n) is 15.8. The van der Waals surface area contributed by atoms with Crippen LogP contribution in [-0.4, -0.2) is 49.9 Å². The van der Waals surface area contributed by atoms with Gasteiger partial charge in [0.15, 0.2) is 6.23 Å². The number of alkyl halides is 3. The van der Waals surface area contributed by atoms with Gasteiger partial charge in [-0.3, -0.25) is 9.59 Å². The summed E-state index contributed by atoms with van der Waals surface area (Å²) in [7, 11) is 0. The average molecular weight is 424 g/mol. The second-order valence-corrected chi connectivity index (χ2v) is 7.61. The molecule has 2 amide bonds. The first-order valence-corrected chi connectivity index (χ1v) is 9.24. The van der Waals surface area contributed by atoms with E-state index in [1.165, 1.54) is 31.5 Å². The number of rotatable bonds is 5. The molecule has 0 radical (unpaired) electrons. The van der Waals surface area contributed by atoms with Crippen molar-refractivity contribution in [2.45, 2.75) is 44.3 Å². The molecule has 1 aromatic rings. The molecule has 4 rings (SSSR count). The second-order valence-electron chi connectivity index (χ2n) is 7.61.